The maximum absolute atomic E-state index is 14.3. The number of aryl methyl sites for hydroxylation is 1. The van der Waals surface area contributed by atoms with Crippen LogP contribution in [-0.4, -0.2) is 62.7 Å². The summed E-state index contributed by atoms with van der Waals surface area (Å²) in [7, 11) is 3.43. The number of hydrogen-bond acceptors (Lipinski definition) is 7. The van der Waals surface area contributed by atoms with Crippen molar-refractivity contribution >= 4 is 39.6 Å². The van der Waals surface area contributed by atoms with E-state index in [-0.39, 0.29) is 24.5 Å². The number of amides is 2. The summed E-state index contributed by atoms with van der Waals surface area (Å²) in [5.41, 5.74) is 3.50. The van der Waals surface area contributed by atoms with Gasteiger partial charge in [0, 0.05) is 25.9 Å². The van der Waals surface area contributed by atoms with Crippen LogP contribution in [0.3, 0.4) is 0 Å². The van der Waals surface area contributed by atoms with Crippen molar-refractivity contribution in [2.75, 3.05) is 25.2 Å². The van der Waals surface area contributed by atoms with Gasteiger partial charge in [0.1, 0.15) is 23.6 Å². The lowest BCUT2D eigenvalue weighted by Crippen LogP contribution is -2.47. The highest BCUT2D eigenvalue weighted by molar-refractivity contribution is 6.01. The second kappa shape index (κ2) is 11.4. The van der Waals surface area contributed by atoms with Gasteiger partial charge in [0.25, 0.3) is 5.91 Å². The van der Waals surface area contributed by atoms with E-state index in [1.807, 2.05) is 60.1 Å². The molecule has 2 amide bonds. The topological polar surface area (TPSA) is 116 Å². The number of benzene rings is 3. The van der Waals surface area contributed by atoms with Gasteiger partial charge in [-0.15, -0.1) is 5.10 Å². The fraction of sp³-hybridized carbons (Fsp3) is 0.300. The van der Waals surface area contributed by atoms with Crippen LogP contribution in [0.1, 0.15) is 24.7 Å². The average molecular weight is 554 g/mol. The number of carbonyl (C=O) groups is 2. The normalized spacial score (nSPS) is 15.7. The van der Waals surface area contributed by atoms with Crippen LogP contribution in [0, 0.1) is 0 Å². The number of para-hydroxylation sites is 3. The number of anilines is 1. The minimum atomic E-state index is -1.08. The Morgan fingerprint density at radius 2 is 1.78 bits per heavy atom. The van der Waals surface area contributed by atoms with Crippen LogP contribution in [-0.2, 0) is 27.9 Å². The van der Waals surface area contributed by atoms with E-state index < -0.39 is 6.04 Å². The maximum Gasteiger partial charge on any atom is 0.251 e. The molecular formula is C30H31N7O4. The summed E-state index contributed by atoms with van der Waals surface area (Å²) in [6, 6.07) is 21.0. The molecule has 11 heteroatoms. The van der Waals surface area contributed by atoms with Crippen molar-refractivity contribution in [3.8, 4) is 5.75 Å². The Balaban J connectivity index is 1.44. The van der Waals surface area contributed by atoms with Crippen LogP contribution >= 0.6 is 0 Å². The van der Waals surface area contributed by atoms with E-state index in [1.165, 1.54) is 4.90 Å². The predicted octanol–water partition coefficient (Wildman–Crippen LogP) is 3.40. The van der Waals surface area contributed by atoms with Crippen LogP contribution in [0.5, 0.6) is 5.75 Å². The van der Waals surface area contributed by atoms with E-state index in [2.05, 4.69) is 15.6 Å². The number of ether oxygens (including phenoxy) is 2. The molecule has 3 aromatic carbocycles. The van der Waals surface area contributed by atoms with Crippen molar-refractivity contribution in [2.45, 2.75) is 31.5 Å². The zero-order valence-electron chi connectivity index (χ0n) is 22.9. The van der Waals surface area contributed by atoms with Crippen molar-refractivity contribution in [3.63, 3.8) is 0 Å². The molecule has 1 saturated heterocycles. The average Bonchev–Trinajstić information content (AvgIpc) is 3.75. The van der Waals surface area contributed by atoms with Crippen LogP contribution in [0.2, 0.25) is 0 Å². The molecule has 0 bridgehead atoms. The van der Waals surface area contributed by atoms with Crippen LogP contribution < -0.4 is 15.0 Å². The summed E-state index contributed by atoms with van der Waals surface area (Å²) in [5, 5.41) is 11.5. The molecule has 1 aliphatic heterocycles. The number of aromatic nitrogens is 5. The molecule has 5 aromatic rings. The highest BCUT2D eigenvalue weighted by Crippen LogP contribution is 2.31. The second-order valence-electron chi connectivity index (χ2n) is 10.00. The molecule has 2 aromatic heterocycles. The Bertz CT molecular complexity index is 1690. The summed E-state index contributed by atoms with van der Waals surface area (Å²) >= 11 is 0. The van der Waals surface area contributed by atoms with Gasteiger partial charge < -0.3 is 19.4 Å². The maximum atomic E-state index is 14.3. The Morgan fingerprint density at radius 1 is 1.05 bits per heavy atom. The Hall–Kier alpha value is -4.77. The SMILES string of the molecule is COc1ccc(N(C(=O)Cn2nnc3ccccc32)C(C(=O)NCC2CCCO2)c2nc3ccccc3n2C)cc1. The van der Waals surface area contributed by atoms with Gasteiger partial charge in [0.15, 0.2) is 6.04 Å². The first-order valence-corrected chi connectivity index (χ1v) is 13.6. The number of hydrogen-bond donors (Lipinski definition) is 1. The van der Waals surface area contributed by atoms with E-state index in [1.54, 1.807) is 36.1 Å². The Morgan fingerprint density at radius 3 is 2.49 bits per heavy atom. The third kappa shape index (κ3) is 5.23. The van der Waals surface area contributed by atoms with Gasteiger partial charge in [0.05, 0.1) is 29.8 Å². The molecule has 210 valence electrons. The summed E-state index contributed by atoms with van der Waals surface area (Å²) in [5.74, 6) is 0.357. The first kappa shape index (κ1) is 26.5. The standard InChI is InChI=1S/C30H31N7O4/c1-35-25-11-5-3-9-23(25)32-29(35)28(30(39)31-18-22-8-7-17-41-22)37(20-13-15-21(40-2)16-14-20)27(38)19-36-26-12-6-4-10-24(26)33-34-36/h3-6,9-16,22,28H,7-8,17-19H2,1-2H3,(H,31,39). The Kier molecular flexibility index (Phi) is 7.34. The molecule has 3 heterocycles. The number of imidazole rings is 1. The summed E-state index contributed by atoms with van der Waals surface area (Å²) < 4.78 is 14.5. The van der Waals surface area contributed by atoms with Crippen LogP contribution in [0.15, 0.2) is 72.8 Å². The van der Waals surface area contributed by atoms with Crippen LogP contribution in [0.25, 0.3) is 22.1 Å². The fourth-order valence-electron chi connectivity index (χ4n) is 5.29. The molecule has 0 aliphatic carbocycles. The molecule has 11 nitrogen and oxygen atoms in total. The Labute approximate surface area is 236 Å². The van der Waals surface area contributed by atoms with Crippen LogP contribution in [0.4, 0.5) is 5.69 Å². The molecule has 1 N–H and O–H groups in total. The largest absolute Gasteiger partial charge is 0.497 e. The number of carbonyl (C=O) groups excluding carboxylic acids is 2. The number of fused-ring (bicyclic) bond motifs is 2. The van der Waals surface area contributed by atoms with Gasteiger partial charge in [-0.3, -0.25) is 14.5 Å². The zero-order valence-corrected chi connectivity index (χ0v) is 22.9. The first-order valence-electron chi connectivity index (χ1n) is 13.6. The number of nitrogens with one attached hydrogen (secondary N) is 1. The molecule has 6 rings (SSSR count). The number of methoxy groups -OCH3 is 1. The highest BCUT2D eigenvalue weighted by atomic mass is 16.5. The third-order valence-electron chi connectivity index (χ3n) is 7.43. The fourth-order valence-corrected chi connectivity index (χ4v) is 5.29. The molecule has 1 fully saturated rings. The van der Waals surface area contributed by atoms with E-state index in [4.69, 9.17) is 14.5 Å². The van der Waals surface area contributed by atoms with Gasteiger partial charge in [-0.1, -0.05) is 29.5 Å². The first-order chi connectivity index (χ1) is 20.0. The van der Waals surface area contributed by atoms with Crippen molar-refractivity contribution in [2.24, 2.45) is 7.05 Å². The predicted molar refractivity (Wildman–Crippen MR) is 153 cm³/mol. The monoisotopic (exact) mass is 553 g/mol. The zero-order chi connectivity index (χ0) is 28.3. The molecule has 2 atom stereocenters. The molecule has 1 aliphatic rings. The minimum absolute atomic E-state index is 0.0632. The van der Waals surface area contributed by atoms with E-state index in [9.17, 15) is 9.59 Å². The van der Waals surface area contributed by atoms with Gasteiger partial charge in [-0.2, -0.15) is 0 Å². The smallest absolute Gasteiger partial charge is 0.251 e. The molecule has 0 spiro atoms. The van der Waals surface area contributed by atoms with Gasteiger partial charge in [0.2, 0.25) is 5.91 Å². The highest BCUT2D eigenvalue weighted by Gasteiger charge is 2.37. The summed E-state index contributed by atoms with van der Waals surface area (Å²) in [6.07, 6.45) is 1.76. The lowest BCUT2D eigenvalue weighted by atomic mass is 10.1. The molecular weight excluding hydrogens is 522 g/mol. The van der Waals surface area contributed by atoms with E-state index in [0.29, 0.717) is 35.9 Å². The third-order valence-corrected chi connectivity index (χ3v) is 7.43. The van der Waals surface area contributed by atoms with Crippen molar-refractivity contribution < 1.29 is 19.1 Å². The van der Waals surface area contributed by atoms with Gasteiger partial charge >= 0.3 is 0 Å². The molecule has 41 heavy (non-hydrogen) atoms. The summed E-state index contributed by atoms with van der Waals surface area (Å²) in [6.45, 7) is 0.890. The van der Waals surface area contributed by atoms with Crippen molar-refractivity contribution in [1.29, 1.82) is 0 Å². The van der Waals surface area contributed by atoms with Crippen molar-refractivity contribution in [1.82, 2.24) is 29.9 Å². The lowest BCUT2D eigenvalue weighted by molar-refractivity contribution is -0.127. The van der Waals surface area contributed by atoms with Gasteiger partial charge in [-0.05, 0) is 61.4 Å². The number of rotatable bonds is 9. The summed E-state index contributed by atoms with van der Waals surface area (Å²) in [4.78, 5) is 34.7. The van der Waals surface area contributed by atoms with Gasteiger partial charge in [-0.25, -0.2) is 9.67 Å². The lowest BCUT2D eigenvalue weighted by Gasteiger charge is -2.31. The number of nitrogens with zero attached hydrogens (tertiary/aromatic N) is 6. The molecule has 2 unspecified atom stereocenters. The minimum Gasteiger partial charge on any atom is -0.497 e. The molecule has 0 saturated carbocycles. The van der Waals surface area contributed by atoms with E-state index in [0.717, 1.165) is 29.4 Å². The quantitative estimate of drug-likeness (QED) is 0.297. The van der Waals surface area contributed by atoms with Crippen molar-refractivity contribution in [3.05, 3.63) is 78.6 Å². The second-order valence-corrected chi connectivity index (χ2v) is 10.00. The molecule has 0 radical (unpaired) electrons. The van der Waals surface area contributed by atoms with E-state index >= 15 is 0 Å².